The topological polar surface area (TPSA) is 298 Å². The SMILES string of the molecule is CC(C)(O)C=CC[C@](C)(O)[C@H]1CC[C@]2(C)[C@@H]1[C@H](O)C[C@@H]1[C@@]3(C)CC[C@H](O[C@@H]4O[C@H](CO)[C@@H](O)[C@H](O)[C@H]4O[C@@H]4O[C@H](CO)[C@@H](O)[C@H](O)[C@H]4O[C@@H]4OC[C@@H](O)[C@H](O)[C@H]4O)C(C)(C)[C@@H]3CC[C@]12C. The van der Waals surface area contributed by atoms with Gasteiger partial charge in [-0.05, 0) is 117 Å². The van der Waals surface area contributed by atoms with Crippen LogP contribution in [0.2, 0.25) is 0 Å². The molecule has 4 aliphatic carbocycles. The van der Waals surface area contributed by atoms with Crippen molar-refractivity contribution in [1.29, 1.82) is 0 Å². The van der Waals surface area contributed by atoms with Gasteiger partial charge in [-0.3, -0.25) is 0 Å². The summed E-state index contributed by atoms with van der Waals surface area (Å²) in [5, 5.41) is 131. The van der Waals surface area contributed by atoms with E-state index in [9.17, 15) is 61.3 Å². The minimum Gasteiger partial charge on any atom is -0.394 e. The first-order chi connectivity index (χ1) is 30.2. The van der Waals surface area contributed by atoms with Gasteiger partial charge in [0, 0.05) is 0 Å². The van der Waals surface area contributed by atoms with E-state index >= 15 is 0 Å². The average Bonchev–Trinajstić information content (AvgIpc) is 3.62. The van der Waals surface area contributed by atoms with Gasteiger partial charge in [0.25, 0.3) is 0 Å². The number of hydrogen-bond donors (Lipinski definition) is 12. The summed E-state index contributed by atoms with van der Waals surface area (Å²) in [7, 11) is 0. The van der Waals surface area contributed by atoms with Gasteiger partial charge in [-0.25, -0.2) is 0 Å². The van der Waals surface area contributed by atoms with E-state index < -0.39 is 135 Å². The predicted octanol–water partition coefficient (Wildman–Crippen LogP) is -0.417. The number of hydrogen-bond acceptors (Lipinski definition) is 18. The van der Waals surface area contributed by atoms with E-state index in [0.717, 1.165) is 32.1 Å². The van der Waals surface area contributed by atoms with Crippen molar-refractivity contribution in [2.24, 2.45) is 45.3 Å². The van der Waals surface area contributed by atoms with Gasteiger partial charge in [0.2, 0.25) is 0 Å². The molecule has 12 N–H and O–H groups in total. The molecule has 0 spiro atoms. The van der Waals surface area contributed by atoms with Gasteiger partial charge < -0.3 is 89.7 Å². The Labute approximate surface area is 382 Å². The van der Waals surface area contributed by atoms with E-state index in [4.69, 9.17) is 28.4 Å². The zero-order valence-corrected chi connectivity index (χ0v) is 39.3. The molecular weight excluding hydrogens is 852 g/mol. The normalized spacial score (nSPS) is 52.4. The van der Waals surface area contributed by atoms with Gasteiger partial charge in [0.05, 0.1) is 43.2 Å². The minimum atomic E-state index is -1.84. The van der Waals surface area contributed by atoms with Crippen LogP contribution in [0.4, 0.5) is 0 Å². The Hall–Kier alpha value is -0.980. The lowest BCUT2D eigenvalue weighted by atomic mass is 9.35. The van der Waals surface area contributed by atoms with Gasteiger partial charge in [0.1, 0.15) is 67.1 Å². The molecule has 3 aliphatic heterocycles. The highest BCUT2D eigenvalue weighted by atomic mass is 16.8. The molecule has 4 saturated carbocycles. The van der Waals surface area contributed by atoms with Crippen molar-refractivity contribution in [2.75, 3.05) is 19.8 Å². The molecule has 0 radical (unpaired) electrons. The first kappa shape index (κ1) is 51.9. The zero-order chi connectivity index (χ0) is 48.0. The Morgan fingerprint density at radius 3 is 1.74 bits per heavy atom. The van der Waals surface area contributed by atoms with Crippen molar-refractivity contribution in [3.8, 4) is 0 Å². The first-order valence-electron chi connectivity index (χ1n) is 23.8. The Kier molecular flexibility index (Phi) is 14.9. The molecule has 7 fully saturated rings. The van der Waals surface area contributed by atoms with Crippen molar-refractivity contribution in [2.45, 2.75) is 216 Å². The third-order valence-corrected chi connectivity index (χ3v) is 18.2. The third kappa shape index (κ3) is 9.05. The molecule has 0 unspecified atom stereocenters. The van der Waals surface area contributed by atoms with E-state index in [1.54, 1.807) is 19.9 Å². The van der Waals surface area contributed by atoms with Crippen molar-refractivity contribution >= 4 is 0 Å². The van der Waals surface area contributed by atoms with Crippen LogP contribution in [0.5, 0.6) is 0 Å². The largest absolute Gasteiger partial charge is 0.394 e. The molecule has 7 rings (SSSR count). The maximum atomic E-state index is 12.3. The standard InChI is InChI=1S/C47H80O18/c1-42(2,58)13-9-14-47(8,59)22-10-16-46(7)30(22)23(50)18-28-44(5)15-12-29(43(3,4)27(44)11-17-45(28,46)6)63-40-37(34(55)32(53)25(19-48)61-40)65-41-38(35(56)33(54)26(20-49)62-41)64-39-36(57)31(52)24(51)21-60-39/h9,13,22-41,48-59H,10-12,14-21H2,1-8H3/t22-,23+,24+,25+,26+,27-,28+,29-,30-,31-,32+,33+,34-,35-,36+,37+,38+,39-,40-,41-,44-,45+,46+,47-/m0/s1. The molecule has 24 atom stereocenters. The number of aliphatic hydroxyl groups excluding tert-OH is 10. The summed E-state index contributed by atoms with van der Waals surface area (Å²) in [6.45, 7) is 14.7. The van der Waals surface area contributed by atoms with Crippen LogP contribution >= 0.6 is 0 Å². The Morgan fingerprint density at radius 2 is 1.17 bits per heavy atom. The van der Waals surface area contributed by atoms with Crippen LogP contribution in [0.1, 0.15) is 107 Å². The quantitative estimate of drug-likeness (QED) is 0.0874. The van der Waals surface area contributed by atoms with Gasteiger partial charge in [0.15, 0.2) is 18.9 Å². The summed E-state index contributed by atoms with van der Waals surface area (Å²) in [6.07, 6.45) is -14.7. The Bertz CT molecular complexity index is 1660. The van der Waals surface area contributed by atoms with Gasteiger partial charge >= 0.3 is 0 Å². The van der Waals surface area contributed by atoms with Crippen LogP contribution in [-0.2, 0) is 28.4 Å². The van der Waals surface area contributed by atoms with Gasteiger partial charge in [-0.1, -0.05) is 46.8 Å². The summed E-state index contributed by atoms with van der Waals surface area (Å²) in [5.74, 6) is -0.00760. The minimum absolute atomic E-state index is 0.0933. The maximum absolute atomic E-state index is 12.3. The van der Waals surface area contributed by atoms with Crippen molar-refractivity contribution in [3.05, 3.63) is 12.2 Å². The summed E-state index contributed by atoms with van der Waals surface area (Å²) in [6, 6.07) is 0. The average molecular weight is 933 g/mol. The van der Waals surface area contributed by atoms with Gasteiger partial charge in [-0.15, -0.1) is 0 Å². The molecule has 0 aromatic heterocycles. The molecule has 3 saturated heterocycles. The van der Waals surface area contributed by atoms with Crippen molar-refractivity contribution in [1.82, 2.24) is 0 Å². The summed E-state index contributed by atoms with van der Waals surface area (Å²) < 4.78 is 36.4. The Morgan fingerprint density at radius 1 is 0.615 bits per heavy atom. The van der Waals surface area contributed by atoms with Crippen LogP contribution in [-0.4, -0.2) is 191 Å². The van der Waals surface area contributed by atoms with Crippen LogP contribution in [0.15, 0.2) is 12.2 Å². The highest BCUT2D eigenvalue weighted by molar-refractivity contribution is 5.20. The fourth-order valence-electron chi connectivity index (χ4n) is 14.4. The molecule has 0 aromatic carbocycles. The van der Waals surface area contributed by atoms with E-state index in [-0.39, 0.29) is 39.9 Å². The van der Waals surface area contributed by atoms with Gasteiger partial charge in [-0.2, -0.15) is 0 Å². The zero-order valence-electron chi connectivity index (χ0n) is 39.3. The van der Waals surface area contributed by atoms with Crippen molar-refractivity contribution in [3.63, 3.8) is 0 Å². The highest BCUT2D eigenvalue weighted by Crippen LogP contribution is 2.76. The fraction of sp³-hybridized carbons (Fsp3) is 0.957. The first-order valence-corrected chi connectivity index (χ1v) is 23.8. The number of ether oxygens (including phenoxy) is 6. The summed E-state index contributed by atoms with van der Waals surface area (Å²) in [4.78, 5) is 0. The van der Waals surface area contributed by atoms with Crippen LogP contribution in [0.3, 0.4) is 0 Å². The number of fused-ring (bicyclic) bond motifs is 5. The molecule has 0 amide bonds. The maximum Gasteiger partial charge on any atom is 0.187 e. The lowest BCUT2D eigenvalue weighted by molar-refractivity contribution is -0.395. The van der Waals surface area contributed by atoms with Crippen LogP contribution in [0, 0.1) is 45.3 Å². The van der Waals surface area contributed by atoms with E-state index in [0.29, 0.717) is 19.3 Å². The lowest BCUT2D eigenvalue weighted by Crippen LogP contribution is -2.68. The Balaban J connectivity index is 1.12. The summed E-state index contributed by atoms with van der Waals surface area (Å²) >= 11 is 0. The molecule has 0 aromatic rings. The van der Waals surface area contributed by atoms with Crippen LogP contribution < -0.4 is 0 Å². The predicted molar refractivity (Wildman–Crippen MR) is 229 cm³/mol. The third-order valence-electron chi connectivity index (χ3n) is 18.2. The van der Waals surface area contributed by atoms with Crippen LogP contribution in [0.25, 0.3) is 0 Å². The molecular formula is C47H80O18. The van der Waals surface area contributed by atoms with E-state index in [1.165, 1.54) is 0 Å². The lowest BCUT2D eigenvalue weighted by Gasteiger charge is -2.70. The fourth-order valence-corrected chi connectivity index (χ4v) is 14.4. The molecule has 18 nitrogen and oxygen atoms in total. The highest BCUT2D eigenvalue weighted by Gasteiger charge is 2.71. The molecule has 3 heterocycles. The number of aliphatic hydroxyl groups is 12. The monoisotopic (exact) mass is 933 g/mol. The summed E-state index contributed by atoms with van der Waals surface area (Å²) in [5.41, 5.74) is -3.26. The van der Waals surface area contributed by atoms with Crippen molar-refractivity contribution < 1.29 is 89.7 Å². The second-order valence-electron chi connectivity index (χ2n) is 22.9. The molecule has 7 aliphatic rings. The molecule has 18 heteroatoms. The molecule has 0 bridgehead atoms. The van der Waals surface area contributed by atoms with E-state index in [1.807, 2.05) is 13.0 Å². The van der Waals surface area contributed by atoms with E-state index in [2.05, 4.69) is 34.6 Å². The molecule has 65 heavy (non-hydrogen) atoms. The number of rotatable bonds is 12. The molecule has 376 valence electrons. The second kappa shape index (κ2) is 18.6. The second-order valence-corrected chi connectivity index (χ2v) is 22.9. The smallest absolute Gasteiger partial charge is 0.187 e.